The quantitative estimate of drug-likeness (QED) is 0.785. The summed E-state index contributed by atoms with van der Waals surface area (Å²) in [5, 5.41) is 7.22. The summed E-state index contributed by atoms with van der Waals surface area (Å²) in [6, 6.07) is 5.74. The fourth-order valence-corrected chi connectivity index (χ4v) is 2.48. The van der Waals surface area contributed by atoms with Crippen molar-refractivity contribution in [3.8, 4) is 0 Å². The number of amides is 1. The summed E-state index contributed by atoms with van der Waals surface area (Å²) in [4.78, 5) is 11.1. The molecule has 98 valence electrons. The van der Waals surface area contributed by atoms with Crippen LogP contribution in [0.15, 0.2) is 18.2 Å². The van der Waals surface area contributed by atoms with E-state index in [0.29, 0.717) is 16.6 Å². The minimum Gasteiger partial charge on any atom is -0.382 e. The first-order valence-corrected chi connectivity index (χ1v) is 6.61. The predicted molar refractivity (Wildman–Crippen MR) is 74.1 cm³/mol. The van der Waals surface area contributed by atoms with Gasteiger partial charge in [-0.15, -0.1) is 0 Å². The number of benzene rings is 1. The first-order valence-electron chi connectivity index (χ1n) is 6.23. The number of halogens is 1. The SMILES string of the molecule is NC(=O)c1ccc(NC2CCCNCC2)cc1Cl. The van der Waals surface area contributed by atoms with E-state index in [0.717, 1.165) is 31.6 Å². The Hall–Kier alpha value is -1.26. The Morgan fingerprint density at radius 3 is 2.94 bits per heavy atom. The van der Waals surface area contributed by atoms with E-state index < -0.39 is 5.91 Å². The largest absolute Gasteiger partial charge is 0.382 e. The van der Waals surface area contributed by atoms with Crippen LogP contribution in [0, 0.1) is 0 Å². The minimum atomic E-state index is -0.495. The molecule has 0 aromatic heterocycles. The number of anilines is 1. The predicted octanol–water partition coefficient (Wildman–Crippen LogP) is 1.99. The van der Waals surface area contributed by atoms with Gasteiger partial charge < -0.3 is 16.4 Å². The summed E-state index contributed by atoms with van der Waals surface area (Å²) >= 11 is 6.02. The fourth-order valence-electron chi connectivity index (χ4n) is 2.20. The number of carbonyl (C=O) groups is 1. The highest BCUT2D eigenvalue weighted by Gasteiger charge is 2.13. The zero-order valence-electron chi connectivity index (χ0n) is 10.2. The standard InChI is InChI=1S/C13H18ClN3O/c14-12-8-10(3-4-11(12)13(15)18)17-9-2-1-6-16-7-5-9/h3-4,8-9,16-17H,1-2,5-7H2,(H2,15,18). The van der Waals surface area contributed by atoms with Gasteiger partial charge in [0, 0.05) is 11.7 Å². The van der Waals surface area contributed by atoms with Crippen molar-refractivity contribution in [1.82, 2.24) is 5.32 Å². The maximum absolute atomic E-state index is 11.1. The Balaban J connectivity index is 2.05. The summed E-state index contributed by atoms with van der Waals surface area (Å²) in [5.74, 6) is -0.495. The van der Waals surface area contributed by atoms with Crippen LogP contribution in [0.5, 0.6) is 0 Å². The number of primary amides is 1. The van der Waals surface area contributed by atoms with Gasteiger partial charge in [-0.1, -0.05) is 11.6 Å². The molecular weight excluding hydrogens is 250 g/mol. The third-order valence-electron chi connectivity index (χ3n) is 3.18. The molecule has 0 spiro atoms. The Labute approximate surface area is 112 Å². The molecule has 1 amide bonds. The molecule has 4 N–H and O–H groups in total. The molecule has 1 fully saturated rings. The maximum atomic E-state index is 11.1. The molecule has 1 aromatic rings. The van der Waals surface area contributed by atoms with Gasteiger partial charge in [0.05, 0.1) is 10.6 Å². The Kier molecular flexibility index (Phi) is 4.44. The van der Waals surface area contributed by atoms with Crippen LogP contribution in [-0.2, 0) is 0 Å². The highest BCUT2D eigenvalue weighted by molar-refractivity contribution is 6.34. The molecule has 1 saturated heterocycles. The Morgan fingerprint density at radius 1 is 1.39 bits per heavy atom. The van der Waals surface area contributed by atoms with Crippen molar-refractivity contribution in [2.75, 3.05) is 18.4 Å². The lowest BCUT2D eigenvalue weighted by Crippen LogP contribution is -2.21. The second-order valence-corrected chi connectivity index (χ2v) is 4.99. The van der Waals surface area contributed by atoms with Crippen LogP contribution in [0.25, 0.3) is 0 Å². The van der Waals surface area contributed by atoms with Crippen LogP contribution in [-0.4, -0.2) is 25.0 Å². The van der Waals surface area contributed by atoms with Crippen LogP contribution < -0.4 is 16.4 Å². The minimum absolute atomic E-state index is 0.366. The van der Waals surface area contributed by atoms with E-state index >= 15 is 0 Å². The van der Waals surface area contributed by atoms with Crippen LogP contribution in [0.2, 0.25) is 5.02 Å². The lowest BCUT2D eigenvalue weighted by atomic mass is 10.1. The molecular formula is C13H18ClN3O. The summed E-state index contributed by atoms with van der Waals surface area (Å²) in [5.41, 5.74) is 6.52. The molecule has 18 heavy (non-hydrogen) atoms. The maximum Gasteiger partial charge on any atom is 0.250 e. The molecule has 0 saturated carbocycles. The first-order chi connectivity index (χ1) is 8.66. The average molecular weight is 268 g/mol. The van der Waals surface area contributed by atoms with E-state index in [1.807, 2.05) is 6.07 Å². The topological polar surface area (TPSA) is 67.2 Å². The monoisotopic (exact) mass is 267 g/mol. The van der Waals surface area contributed by atoms with Crippen LogP contribution in [0.4, 0.5) is 5.69 Å². The van der Waals surface area contributed by atoms with Gasteiger partial charge >= 0.3 is 0 Å². The summed E-state index contributed by atoms with van der Waals surface area (Å²) in [7, 11) is 0. The lowest BCUT2D eigenvalue weighted by Gasteiger charge is -2.17. The zero-order valence-corrected chi connectivity index (χ0v) is 11.0. The van der Waals surface area contributed by atoms with Gasteiger partial charge in [0.15, 0.2) is 0 Å². The van der Waals surface area contributed by atoms with Gasteiger partial charge in [0.1, 0.15) is 0 Å². The van der Waals surface area contributed by atoms with E-state index in [-0.39, 0.29) is 0 Å². The van der Waals surface area contributed by atoms with Gasteiger partial charge in [-0.05, 0) is 50.6 Å². The van der Waals surface area contributed by atoms with Gasteiger partial charge in [-0.25, -0.2) is 0 Å². The summed E-state index contributed by atoms with van der Waals surface area (Å²) in [6.07, 6.45) is 3.40. The summed E-state index contributed by atoms with van der Waals surface area (Å²) in [6.45, 7) is 2.12. The van der Waals surface area contributed by atoms with E-state index in [1.165, 1.54) is 6.42 Å². The number of hydrogen-bond donors (Lipinski definition) is 3. The van der Waals surface area contributed by atoms with Gasteiger partial charge in [0.2, 0.25) is 5.91 Å². The molecule has 1 heterocycles. The van der Waals surface area contributed by atoms with Crippen molar-refractivity contribution < 1.29 is 4.79 Å². The normalized spacial score (nSPS) is 20.2. The molecule has 0 bridgehead atoms. The van der Waals surface area contributed by atoms with Gasteiger partial charge in [-0.2, -0.15) is 0 Å². The molecule has 1 aliphatic heterocycles. The molecule has 1 aromatic carbocycles. The zero-order chi connectivity index (χ0) is 13.0. The molecule has 5 heteroatoms. The average Bonchev–Trinajstić information content (AvgIpc) is 2.57. The molecule has 2 rings (SSSR count). The van der Waals surface area contributed by atoms with Crippen molar-refractivity contribution in [1.29, 1.82) is 0 Å². The second-order valence-electron chi connectivity index (χ2n) is 4.58. The highest BCUT2D eigenvalue weighted by atomic mass is 35.5. The molecule has 0 radical (unpaired) electrons. The second kappa shape index (κ2) is 6.07. The smallest absolute Gasteiger partial charge is 0.250 e. The van der Waals surface area contributed by atoms with E-state index in [9.17, 15) is 4.79 Å². The van der Waals surface area contributed by atoms with Gasteiger partial charge in [-0.3, -0.25) is 4.79 Å². The molecule has 1 aliphatic rings. The first kappa shape index (κ1) is 13.2. The third-order valence-corrected chi connectivity index (χ3v) is 3.49. The third kappa shape index (κ3) is 3.37. The lowest BCUT2D eigenvalue weighted by molar-refractivity contribution is 0.100. The van der Waals surface area contributed by atoms with Crippen LogP contribution in [0.3, 0.4) is 0 Å². The molecule has 1 unspecified atom stereocenters. The van der Waals surface area contributed by atoms with Crippen molar-refractivity contribution in [3.05, 3.63) is 28.8 Å². The number of carbonyl (C=O) groups excluding carboxylic acids is 1. The number of nitrogens with two attached hydrogens (primary N) is 1. The fraction of sp³-hybridized carbons (Fsp3) is 0.462. The number of nitrogens with one attached hydrogen (secondary N) is 2. The van der Waals surface area contributed by atoms with Crippen LogP contribution >= 0.6 is 11.6 Å². The molecule has 0 aliphatic carbocycles. The molecule has 1 atom stereocenters. The van der Waals surface area contributed by atoms with Crippen molar-refractivity contribution >= 4 is 23.2 Å². The van der Waals surface area contributed by atoms with Crippen LogP contribution in [0.1, 0.15) is 29.6 Å². The summed E-state index contributed by atoms with van der Waals surface area (Å²) < 4.78 is 0. The van der Waals surface area contributed by atoms with E-state index in [4.69, 9.17) is 17.3 Å². The van der Waals surface area contributed by atoms with Gasteiger partial charge in [0.25, 0.3) is 0 Å². The Morgan fingerprint density at radius 2 is 2.22 bits per heavy atom. The van der Waals surface area contributed by atoms with Crippen molar-refractivity contribution in [2.45, 2.75) is 25.3 Å². The van der Waals surface area contributed by atoms with Crippen molar-refractivity contribution in [2.24, 2.45) is 5.73 Å². The highest BCUT2D eigenvalue weighted by Crippen LogP contribution is 2.22. The number of hydrogen-bond acceptors (Lipinski definition) is 3. The number of rotatable bonds is 3. The molecule has 4 nitrogen and oxygen atoms in total. The van der Waals surface area contributed by atoms with E-state index in [1.54, 1.807) is 12.1 Å². The van der Waals surface area contributed by atoms with Crippen molar-refractivity contribution in [3.63, 3.8) is 0 Å². The Bertz CT molecular complexity index is 428. The van der Waals surface area contributed by atoms with E-state index in [2.05, 4.69) is 10.6 Å².